The highest BCUT2D eigenvalue weighted by Crippen LogP contribution is 2.23. The minimum absolute atomic E-state index is 0.253. The molecule has 2 amide bonds. The van der Waals surface area contributed by atoms with Crippen molar-refractivity contribution in [2.45, 2.75) is 0 Å². The van der Waals surface area contributed by atoms with Crippen LogP contribution in [-0.2, 0) is 0 Å². The molecule has 0 unspecified atom stereocenters. The average molecular weight is 420 g/mol. The first-order chi connectivity index (χ1) is 12.9. The van der Waals surface area contributed by atoms with Gasteiger partial charge in [-0.15, -0.1) is 0 Å². The summed E-state index contributed by atoms with van der Waals surface area (Å²) in [7, 11) is 0. The topological polar surface area (TPSA) is 58.2 Å². The number of hydrogen-bond donors (Lipinski definition) is 2. The van der Waals surface area contributed by atoms with Crippen molar-refractivity contribution < 1.29 is 9.59 Å². The second-order valence-corrected chi connectivity index (χ2v) is 6.84. The fraction of sp³-hybridized carbons (Fsp3) is 0. The fourth-order valence-corrected chi connectivity index (χ4v) is 3.11. The van der Waals surface area contributed by atoms with Gasteiger partial charge in [-0.1, -0.05) is 53.0 Å². The van der Waals surface area contributed by atoms with E-state index in [4.69, 9.17) is 34.8 Å². The molecule has 4 nitrogen and oxygen atoms in total. The van der Waals surface area contributed by atoms with Gasteiger partial charge in [-0.3, -0.25) is 9.59 Å². The molecule has 0 radical (unpaired) electrons. The molecule has 2 N–H and O–H groups in total. The summed E-state index contributed by atoms with van der Waals surface area (Å²) in [6, 6.07) is 18.1. The van der Waals surface area contributed by atoms with Crippen LogP contribution in [0.2, 0.25) is 15.1 Å². The number of halogens is 3. The van der Waals surface area contributed by atoms with Crippen LogP contribution in [0, 0.1) is 0 Å². The molecule has 0 saturated heterocycles. The van der Waals surface area contributed by atoms with E-state index in [1.807, 2.05) is 0 Å². The van der Waals surface area contributed by atoms with E-state index in [9.17, 15) is 9.59 Å². The van der Waals surface area contributed by atoms with Gasteiger partial charge in [-0.25, -0.2) is 0 Å². The van der Waals surface area contributed by atoms with Crippen molar-refractivity contribution in [1.29, 1.82) is 0 Å². The molecule has 3 aromatic rings. The molecule has 0 saturated carbocycles. The predicted molar refractivity (Wildman–Crippen MR) is 110 cm³/mol. The summed E-state index contributed by atoms with van der Waals surface area (Å²) in [5.74, 6) is -0.726. The van der Waals surface area contributed by atoms with Crippen LogP contribution in [0.25, 0.3) is 0 Å². The number of anilines is 2. The van der Waals surface area contributed by atoms with Crippen LogP contribution in [-0.4, -0.2) is 11.8 Å². The number of rotatable bonds is 4. The summed E-state index contributed by atoms with van der Waals surface area (Å²) in [5.41, 5.74) is 1.68. The van der Waals surface area contributed by atoms with Crippen molar-refractivity contribution in [1.82, 2.24) is 0 Å². The molecule has 0 atom stereocenters. The summed E-state index contributed by atoms with van der Waals surface area (Å²) >= 11 is 17.9. The third kappa shape index (κ3) is 4.80. The lowest BCUT2D eigenvalue weighted by molar-refractivity contribution is 0.101. The van der Waals surface area contributed by atoms with Crippen LogP contribution >= 0.6 is 34.8 Å². The quantitative estimate of drug-likeness (QED) is 0.533. The Bertz CT molecular complexity index is 1020. The minimum Gasteiger partial charge on any atom is -0.322 e. The van der Waals surface area contributed by atoms with Gasteiger partial charge in [0.05, 0.1) is 21.2 Å². The molecule has 0 aromatic heterocycles. The maximum Gasteiger partial charge on any atom is 0.257 e. The molecule has 136 valence electrons. The maximum absolute atomic E-state index is 12.4. The van der Waals surface area contributed by atoms with E-state index in [-0.39, 0.29) is 16.8 Å². The van der Waals surface area contributed by atoms with Crippen molar-refractivity contribution in [2.75, 3.05) is 10.6 Å². The van der Waals surface area contributed by atoms with Gasteiger partial charge in [-0.2, -0.15) is 0 Å². The van der Waals surface area contributed by atoms with Gasteiger partial charge in [0, 0.05) is 16.4 Å². The number of benzene rings is 3. The smallest absolute Gasteiger partial charge is 0.257 e. The van der Waals surface area contributed by atoms with E-state index in [2.05, 4.69) is 10.6 Å². The highest BCUT2D eigenvalue weighted by molar-refractivity contribution is 6.37. The Kier molecular flexibility index (Phi) is 6.01. The summed E-state index contributed by atoms with van der Waals surface area (Å²) in [4.78, 5) is 24.8. The van der Waals surface area contributed by atoms with Crippen molar-refractivity contribution in [3.05, 3.63) is 92.9 Å². The number of amides is 2. The normalized spacial score (nSPS) is 10.3. The van der Waals surface area contributed by atoms with Crippen molar-refractivity contribution >= 4 is 58.0 Å². The Morgan fingerprint density at radius 3 is 1.81 bits per heavy atom. The minimum atomic E-state index is -0.383. The first kappa shape index (κ1) is 19.2. The second kappa shape index (κ2) is 8.44. The summed E-state index contributed by atoms with van der Waals surface area (Å²) in [6.07, 6.45) is 0. The summed E-state index contributed by atoms with van der Waals surface area (Å²) in [5, 5.41) is 6.55. The summed E-state index contributed by atoms with van der Waals surface area (Å²) < 4.78 is 0. The van der Waals surface area contributed by atoms with E-state index in [0.29, 0.717) is 32.5 Å². The lowest BCUT2D eigenvalue weighted by Crippen LogP contribution is -2.14. The molecule has 7 heteroatoms. The molecule has 3 rings (SSSR count). The Morgan fingerprint density at radius 1 is 0.630 bits per heavy atom. The van der Waals surface area contributed by atoms with Gasteiger partial charge in [0.25, 0.3) is 11.8 Å². The van der Waals surface area contributed by atoms with Crippen molar-refractivity contribution in [2.24, 2.45) is 0 Å². The zero-order valence-electron chi connectivity index (χ0n) is 13.8. The zero-order chi connectivity index (χ0) is 19.4. The number of hydrogen-bond acceptors (Lipinski definition) is 2. The molecular formula is C20H13Cl3N2O2. The van der Waals surface area contributed by atoms with E-state index in [1.54, 1.807) is 60.7 Å². The average Bonchev–Trinajstić information content (AvgIpc) is 2.62. The first-order valence-electron chi connectivity index (χ1n) is 7.86. The van der Waals surface area contributed by atoms with Crippen LogP contribution in [0.4, 0.5) is 11.4 Å². The van der Waals surface area contributed by atoms with Crippen LogP contribution in [0.1, 0.15) is 20.7 Å². The second-order valence-electron chi connectivity index (χ2n) is 5.59. The first-order valence-corrected chi connectivity index (χ1v) is 9.00. The molecule has 0 spiro atoms. The van der Waals surface area contributed by atoms with Gasteiger partial charge in [0.15, 0.2) is 0 Å². The highest BCUT2D eigenvalue weighted by atomic mass is 35.5. The molecule has 0 bridgehead atoms. The third-order valence-corrected chi connectivity index (χ3v) is 4.55. The summed E-state index contributed by atoms with van der Waals surface area (Å²) in [6.45, 7) is 0. The standard InChI is InChI=1S/C20H13Cl3N2O2/c21-12-8-9-16(18(23)10-12)20(27)25-14-5-3-4-13(11-14)24-19(26)15-6-1-2-7-17(15)22/h1-11H,(H,24,26)(H,25,27). The Morgan fingerprint density at radius 2 is 1.22 bits per heavy atom. The van der Waals surface area contributed by atoms with E-state index < -0.39 is 0 Å². The molecule has 27 heavy (non-hydrogen) atoms. The molecular weight excluding hydrogens is 407 g/mol. The number of carbonyl (C=O) groups is 2. The largest absolute Gasteiger partial charge is 0.322 e. The third-order valence-electron chi connectivity index (χ3n) is 3.67. The molecule has 0 aliphatic carbocycles. The lowest BCUT2D eigenvalue weighted by Gasteiger charge is -2.10. The molecule has 0 aliphatic rings. The van der Waals surface area contributed by atoms with Crippen LogP contribution in [0.5, 0.6) is 0 Å². The molecule has 0 aliphatic heterocycles. The van der Waals surface area contributed by atoms with E-state index in [0.717, 1.165) is 0 Å². The van der Waals surface area contributed by atoms with Gasteiger partial charge in [0.2, 0.25) is 0 Å². The SMILES string of the molecule is O=C(Nc1cccc(NC(=O)c2ccc(Cl)cc2Cl)c1)c1ccccc1Cl. The van der Waals surface area contributed by atoms with Crippen LogP contribution in [0.15, 0.2) is 66.7 Å². The monoisotopic (exact) mass is 418 g/mol. The van der Waals surface area contributed by atoms with E-state index in [1.165, 1.54) is 6.07 Å². The number of nitrogens with one attached hydrogen (secondary N) is 2. The van der Waals surface area contributed by atoms with Gasteiger partial charge < -0.3 is 10.6 Å². The van der Waals surface area contributed by atoms with Gasteiger partial charge in [0.1, 0.15) is 0 Å². The van der Waals surface area contributed by atoms with E-state index >= 15 is 0 Å². The van der Waals surface area contributed by atoms with Crippen LogP contribution < -0.4 is 10.6 Å². The Hall–Kier alpha value is -2.53. The molecule has 0 heterocycles. The number of carbonyl (C=O) groups excluding carboxylic acids is 2. The van der Waals surface area contributed by atoms with Crippen molar-refractivity contribution in [3.63, 3.8) is 0 Å². The van der Waals surface area contributed by atoms with Crippen molar-refractivity contribution in [3.8, 4) is 0 Å². The lowest BCUT2D eigenvalue weighted by atomic mass is 10.2. The van der Waals surface area contributed by atoms with Crippen LogP contribution in [0.3, 0.4) is 0 Å². The molecule has 0 fully saturated rings. The Balaban J connectivity index is 1.75. The predicted octanol–water partition coefficient (Wildman–Crippen LogP) is 6.15. The van der Waals surface area contributed by atoms with Gasteiger partial charge >= 0.3 is 0 Å². The van der Waals surface area contributed by atoms with Gasteiger partial charge in [-0.05, 0) is 48.5 Å². The highest BCUT2D eigenvalue weighted by Gasteiger charge is 2.13. The zero-order valence-corrected chi connectivity index (χ0v) is 16.1. The maximum atomic E-state index is 12.4. The Labute approximate surface area is 171 Å². The molecule has 3 aromatic carbocycles. The fourth-order valence-electron chi connectivity index (χ4n) is 2.39.